The Morgan fingerprint density at radius 1 is 1.31 bits per heavy atom. The predicted molar refractivity (Wildman–Crippen MR) is 129 cm³/mol. The van der Waals surface area contributed by atoms with Crippen LogP contribution in [0.1, 0.15) is 35.0 Å². The molecule has 0 bridgehead atoms. The zero-order chi connectivity index (χ0) is 25.3. The lowest BCUT2D eigenvalue weighted by molar-refractivity contribution is -0.141. The monoisotopic (exact) mass is 500 g/mol. The molecule has 1 aliphatic heterocycles. The van der Waals surface area contributed by atoms with Crippen LogP contribution in [-0.4, -0.2) is 57.8 Å². The van der Waals surface area contributed by atoms with E-state index < -0.39 is 23.9 Å². The van der Waals surface area contributed by atoms with Gasteiger partial charge in [-0.1, -0.05) is 23.7 Å². The Morgan fingerprint density at radius 2 is 2.09 bits per heavy atom. The van der Waals surface area contributed by atoms with Crippen LogP contribution in [0.5, 0.6) is 0 Å². The molecule has 10 heteroatoms. The molecular weight excluding hydrogens is 475 g/mol. The normalized spacial score (nSPS) is 17.7. The molecule has 3 heterocycles. The number of carbonyl (C=O) groups is 3. The van der Waals surface area contributed by atoms with Crippen molar-refractivity contribution < 1.29 is 23.5 Å². The number of likely N-dealkylation sites (tertiary alicyclic amines) is 1. The number of nitrogens with zero attached hydrogens (tertiary/aromatic N) is 3. The van der Waals surface area contributed by atoms with Crippen molar-refractivity contribution >= 4 is 40.1 Å². The Balaban J connectivity index is 1.54. The second kappa shape index (κ2) is 10.1. The van der Waals surface area contributed by atoms with Crippen molar-refractivity contribution in [2.75, 3.05) is 13.7 Å². The average molecular weight is 501 g/mol. The molecule has 1 aromatic carbocycles. The van der Waals surface area contributed by atoms with Gasteiger partial charge in [0.15, 0.2) is 5.78 Å². The van der Waals surface area contributed by atoms with Gasteiger partial charge < -0.3 is 19.5 Å². The Hall–Kier alpha value is -3.30. The van der Waals surface area contributed by atoms with Crippen molar-refractivity contribution in [3.05, 3.63) is 64.3 Å². The molecule has 184 valence electrons. The number of carbonyl (C=O) groups excluding carboxylic acids is 3. The first kappa shape index (κ1) is 24.8. The molecule has 1 aliphatic rings. The van der Waals surface area contributed by atoms with Gasteiger partial charge in [-0.15, -0.1) is 0 Å². The molecule has 0 spiro atoms. The van der Waals surface area contributed by atoms with Gasteiger partial charge in [0, 0.05) is 48.6 Å². The summed E-state index contributed by atoms with van der Waals surface area (Å²) in [6, 6.07) is 5.51. The lowest BCUT2D eigenvalue weighted by Crippen LogP contribution is -2.51. The van der Waals surface area contributed by atoms with Crippen molar-refractivity contribution in [1.82, 2.24) is 19.8 Å². The van der Waals surface area contributed by atoms with Gasteiger partial charge in [-0.25, -0.2) is 4.39 Å². The molecule has 4 rings (SSSR count). The van der Waals surface area contributed by atoms with Gasteiger partial charge in [-0.2, -0.15) is 0 Å². The van der Waals surface area contributed by atoms with E-state index in [1.807, 2.05) is 13.0 Å². The third-order valence-electron chi connectivity index (χ3n) is 6.31. The van der Waals surface area contributed by atoms with Crippen LogP contribution in [0.2, 0.25) is 5.02 Å². The summed E-state index contributed by atoms with van der Waals surface area (Å²) < 4.78 is 21.4. The minimum Gasteiger partial charge on any atom is -0.379 e. The van der Waals surface area contributed by atoms with E-state index in [0.717, 1.165) is 11.1 Å². The molecule has 1 saturated heterocycles. The first-order valence-corrected chi connectivity index (χ1v) is 11.6. The Morgan fingerprint density at radius 3 is 2.80 bits per heavy atom. The second-order valence-corrected chi connectivity index (χ2v) is 9.00. The molecule has 2 atom stereocenters. The number of methoxy groups -OCH3 is 1. The fourth-order valence-electron chi connectivity index (χ4n) is 4.51. The number of amides is 2. The van der Waals surface area contributed by atoms with Crippen LogP contribution in [0.3, 0.4) is 0 Å². The van der Waals surface area contributed by atoms with E-state index in [4.69, 9.17) is 16.3 Å². The van der Waals surface area contributed by atoms with Crippen LogP contribution in [0.15, 0.2) is 36.7 Å². The maximum atomic E-state index is 14.2. The summed E-state index contributed by atoms with van der Waals surface area (Å²) in [5.41, 5.74) is 2.18. The molecular formula is C25H26ClFN4O4. The summed E-state index contributed by atoms with van der Waals surface area (Å²) >= 11 is 5.83. The molecule has 8 nitrogen and oxygen atoms in total. The molecule has 1 N–H and O–H groups in total. The van der Waals surface area contributed by atoms with Crippen LogP contribution in [0.4, 0.5) is 4.39 Å². The Labute approximate surface area is 207 Å². The first-order valence-electron chi connectivity index (χ1n) is 11.2. The fourth-order valence-corrected chi connectivity index (χ4v) is 4.71. The minimum atomic E-state index is -0.871. The number of aromatic nitrogens is 2. The molecule has 3 aromatic rings. The summed E-state index contributed by atoms with van der Waals surface area (Å²) in [7, 11) is 1.49. The molecule has 1 fully saturated rings. The van der Waals surface area contributed by atoms with Crippen molar-refractivity contribution in [2.45, 2.75) is 45.5 Å². The highest BCUT2D eigenvalue weighted by Gasteiger charge is 2.42. The molecule has 35 heavy (non-hydrogen) atoms. The number of nitrogens with one attached hydrogen (secondary N) is 1. The van der Waals surface area contributed by atoms with Gasteiger partial charge in [-0.05, 0) is 32.4 Å². The lowest BCUT2D eigenvalue weighted by Gasteiger charge is -2.27. The SMILES string of the molecule is CO[C@@H]1CCN(C(=O)Cn2cc(C(C)=O)c3cc(C)ncc32)[C@@H]1C(=O)NCc1cccc(Cl)c1F. The topological polar surface area (TPSA) is 93.5 Å². The smallest absolute Gasteiger partial charge is 0.245 e. The maximum absolute atomic E-state index is 14.2. The maximum Gasteiger partial charge on any atom is 0.245 e. The lowest BCUT2D eigenvalue weighted by atomic mass is 10.1. The van der Waals surface area contributed by atoms with Crippen LogP contribution >= 0.6 is 11.6 Å². The van der Waals surface area contributed by atoms with Crippen molar-refractivity contribution in [2.24, 2.45) is 0 Å². The predicted octanol–water partition coefficient (Wildman–Crippen LogP) is 3.27. The van der Waals surface area contributed by atoms with Gasteiger partial charge in [0.2, 0.25) is 11.8 Å². The van der Waals surface area contributed by atoms with Crippen LogP contribution < -0.4 is 5.32 Å². The Bertz CT molecular complexity index is 1310. The van der Waals surface area contributed by atoms with Crippen LogP contribution in [0.25, 0.3) is 10.9 Å². The van der Waals surface area contributed by atoms with Gasteiger partial charge in [0.1, 0.15) is 18.4 Å². The number of aryl methyl sites for hydroxylation is 1. The third-order valence-corrected chi connectivity index (χ3v) is 6.60. The number of fused-ring (bicyclic) bond motifs is 1. The van der Waals surface area contributed by atoms with Gasteiger partial charge in [0.25, 0.3) is 0 Å². The molecule has 0 saturated carbocycles. The van der Waals surface area contributed by atoms with Crippen LogP contribution in [-0.2, 0) is 27.4 Å². The summed E-state index contributed by atoms with van der Waals surface area (Å²) in [4.78, 5) is 44.4. The largest absolute Gasteiger partial charge is 0.379 e. The number of halogens is 2. The molecule has 2 amide bonds. The summed E-state index contributed by atoms with van der Waals surface area (Å²) in [5, 5.41) is 3.40. The highest BCUT2D eigenvalue weighted by Crippen LogP contribution is 2.25. The molecule has 0 unspecified atom stereocenters. The number of benzene rings is 1. The van der Waals surface area contributed by atoms with Crippen LogP contribution in [0, 0.1) is 12.7 Å². The van der Waals surface area contributed by atoms with Crippen molar-refractivity contribution in [3.8, 4) is 0 Å². The zero-order valence-corrected chi connectivity index (χ0v) is 20.4. The van der Waals surface area contributed by atoms with E-state index in [9.17, 15) is 18.8 Å². The molecule has 2 aromatic heterocycles. The number of ketones is 1. The minimum absolute atomic E-state index is 0.0299. The van der Waals surface area contributed by atoms with E-state index >= 15 is 0 Å². The number of Topliss-reactive ketones (excluding diaryl/α,β-unsaturated/α-hetero) is 1. The summed E-state index contributed by atoms with van der Waals surface area (Å²) in [6.45, 7) is 3.49. The standard InChI is InChI=1S/C25H26ClFN4O4/c1-14-9-17-18(15(2)32)12-30(20(17)11-28-14)13-22(33)31-8-7-21(35-3)24(31)25(34)29-10-16-5-4-6-19(26)23(16)27/h4-6,9,11-12,21,24H,7-8,10,13H2,1-3H3,(H,29,34)/t21-,24+/m1/s1. The highest BCUT2D eigenvalue weighted by atomic mass is 35.5. The van der Waals surface area contributed by atoms with E-state index in [-0.39, 0.29) is 35.4 Å². The number of hydrogen-bond donors (Lipinski definition) is 1. The fraction of sp³-hybridized carbons (Fsp3) is 0.360. The number of hydrogen-bond acceptors (Lipinski definition) is 5. The Kier molecular flexibility index (Phi) is 7.18. The number of rotatable bonds is 7. The van der Waals surface area contributed by atoms with Gasteiger partial charge >= 0.3 is 0 Å². The zero-order valence-electron chi connectivity index (χ0n) is 19.7. The van der Waals surface area contributed by atoms with E-state index in [1.165, 1.54) is 31.1 Å². The number of pyridine rings is 1. The number of ether oxygens (including phenoxy) is 1. The van der Waals surface area contributed by atoms with Gasteiger partial charge in [-0.3, -0.25) is 19.4 Å². The average Bonchev–Trinajstić information content (AvgIpc) is 3.41. The van der Waals surface area contributed by atoms with Crippen molar-refractivity contribution in [1.29, 1.82) is 0 Å². The van der Waals surface area contributed by atoms with E-state index in [1.54, 1.807) is 23.0 Å². The van der Waals surface area contributed by atoms with Crippen molar-refractivity contribution in [3.63, 3.8) is 0 Å². The quantitative estimate of drug-likeness (QED) is 0.502. The third kappa shape index (κ3) is 4.92. The summed E-state index contributed by atoms with van der Waals surface area (Å²) in [6.07, 6.45) is 3.27. The highest BCUT2D eigenvalue weighted by molar-refractivity contribution is 6.30. The second-order valence-electron chi connectivity index (χ2n) is 8.60. The summed E-state index contributed by atoms with van der Waals surface area (Å²) in [5.74, 6) is -1.45. The molecule has 0 radical (unpaired) electrons. The van der Waals surface area contributed by atoms with E-state index in [0.29, 0.717) is 24.0 Å². The first-order chi connectivity index (χ1) is 16.7. The van der Waals surface area contributed by atoms with Gasteiger partial charge in [0.05, 0.1) is 22.8 Å². The molecule has 0 aliphatic carbocycles. The van der Waals surface area contributed by atoms with E-state index in [2.05, 4.69) is 10.3 Å².